The fraction of sp³-hybridized carbons (Fsp3) is 0.444. The largest absolute Gasteiger partial charge is 0.383 e. The number of anilines is 1. The van der Waals surface area contributed by atoms with Gasteiger partial charge in [0.15, 0.2) is 0 Å². The van der Waals surface area contributed by atoms with E-state index in [4.69, 9.17) is 5.73 Å². The molecular weight excluding hydrogens is 169 g/mol. The molecule has 1 heterocycles. The summed E-state index contributed by atoms with van der Waals surface area (Å²) in [4.78, 5) is 5.55. The SMILES string of the molecule is CC(c1ccc(F)nc1N)N(C)C. The molecule has 2 N–H and O–H groups in total. The van der Waals surface area contributed by atoms with Crippen LogP contribution in [0.5, 0.6) is 0 Å². The molecule has 0 radical (unpaired) electrons. The van der Waals surface area contributed by atoms with Gasteiger partial charge in [-0.3, -0.25) is 0 Å². The van der Waals surface area contributed by atoms with E-state index in [1.165, 1.54) is 6.07 Å². The number of aromatic nitrogens is 1. The highest BCUT2D eigenvalue weighted by Gasteiger charge is 2.12. The molecule has 13 heavy (non-hydrogen) atoms. The minimum Gasteiger partial charge on any atom is -0.383 e. The van der Waals surface area contributed by atoms with Crippen LogP contribution in [0.15, 0.2) is 12.1 Å². The molecule has 0 aliphatic rings. The van der Waals surface area contributed by atoms with Gasteiger partial charge in [-0.25, -0.2) is 4.98 Å². The second-order valence-electron chi connectivity index (χ2n) is 3.25. The summed E-state index contributed by atoms with van der Waals surface area (Å²) >= 11 is 0. The lowest BCUT2D eigenvalue weighted by atomic mass is 10.1. The predicted molar refractivity (Wildman–Crippen MR) is 50.7 cm³/mol. The predicted octanol–water partition coefficient (Wildman–Crippen LogP) is 1.43. The fourth-order valence-electron chi connectivity index (χ4n) is 1.09. The lowest BCUT2D eigenvalue weighted by Gasteiger charge is -2.20. The van der Waals surface area contributed by atoms with E-state index < -0.39 is 5.95 Å². The van der Waals surface area contributed by atoms with Gasteiger partial charge in [0.05, 0.1) is 0 Å². The Labute approximate surface area is 77.4 Å². The van der Waals surface area contributed by atoms with E-state index in [0.29, 0.717) is 0 Å². The van der Waals surface area contributed by atoms with Crippen molar-refractivity contribution in [2.75, 3.05) is 19.8 Å². The molecule has 1 unspecified atom stereocenters. The average Bonchev–Trinajstić information content (AvgIpc) is 2.03. The van der Waals surface area contributed by atoms with E-state index in [1.54, 1.807) is 6.07 Å². The Bertz CT molecular complexity index is 299. The summed E-state index contributed by atoms with van der Waals surface area (Å²) in [5.74, 6) is -0.270. The summed E-state index contributed by atoms with van der Waals surface area (Å²) < 4.78 is 12.6. The molecule has 1 atom stereocenters. The van der Waals surface area contributed by atoms with Crippen LogP contribution in [-0.4, -0.2) is 24.0 Å². The highest BCUT2D eigenvalue weighted by Crippen LogP contribution is 2.21. The van der Waals surface area contributed by atoms with Crippen molar-refractivity contribution in [1.82, 2.24) is 9.88 Å². The molecule has 0 saturated heterocycles. The maximum Gasteiger partial charge on any atom is 0.214 e. The third kappa shape index (κ3) is 2.15. The zero-order chi connectivity index (χ0) is 10.0. The van der Waals surface area contributed by atoms with Crippen molar-refractivity contribution < 1.29 is 4.39 Å². The van der Waals surface area contributed by atoms with Crippen LogP contribution in [0.1, 0.15) is 18.5 Å². The summed E-state index contributed by atoms with van der Waals surface area (Å²) in [6.45, 7) is 1.99. The van der Waals surface area contributed by atoms with E-state index >= 15 is 0 Å². The van der Waals surface area contributed by atoms with Crippen molar-refractivity contribution in [3.8, 4) is 0 Å². The van der Waals surface area contributed by atoms with Crippen molar-refractivity contribution in [2.24, 2.45) is 0 Å². The molecule has 3 nitrogen and oxygen atoms in total. The van der Waals surface area contributed by atoms with Gasteiger partial charge in [-0.15, -0.1) is 0 Å². The van der Waals surface area contributed by atoms with Crippen molar-refractivity contribution in [2.45, 2.75) is 13.0 Å². The second-order valence-corrected chi connectivity index (χ2v) is 3.25. The Morgan fingerprint density at radius 1 is 1.46 bits per heavy atom. The molecule has 1 aromatic heterocycles. The second kappa shape index (κ2) is 3.70. The van der Waals surface area contributed by atoms with Gasteiger partial charge in [0.2, 0.25) is 5.95 Å². The van der Waals surface area contributed by atoms with E-state index in [0.717, 1.165) is 5.56 Å². The molecule has 0 spiro atoms. The number of hydrogen-bond donors (Lipinski definition) is 1. The Morgan fingerprint density at radius 2 is 2.08 bits per heavy atom. The first-order valence-corrected chi connectivity index (χ1v) is 4.10. The molecule has 72 valence electrons. The molecule has 0 fully saturated rings. The summed E-state index contributed by atoms with van der Waals surface area (Å²) in [6, 6.07) is 3.14. The molecule has 0 bridgehead atoms. The summed E-state index contributed by atoms with van der Waals surface area (Å²) in [5.41, 5.74) is 6.44. The van der Waals surface area contributed by atoms with Crippen molar-refractivity contribution >= 4 is 5.82 Å². The Hall–Kier alpha value is -1.16. The first-order chi connectivity index (χ1) is 6.02. The topological polar surface area (TPSA) is 42.1 Å². The van der Waals surface area contributed by atoms with Crippen molar-refractivity contribution in [3.05, 3.63) is 23.6 Å². The van der Waals surface area contributed by atoms with E-state index in [-0.39, 0.29) is 11.9 Å². The molecule has 0 aliphatic carbocycles. The minimum absolute atomic E-state index is 0.146. The van der Waals surface area contributed by atoms with Crippen LogP contribution in [0, 0.1) is 5.95 Å². The summed E-state index contributed by atoms with van der Waals surface area (Å²) in [5, 5.41) is 0. The van der Waals surface area contributed by atoms with Gasteiger partial charge in [0.1, 0.15) is 5.82 Å². The van der Waals surface area contributed by atoms with Crippen LogP contribution >= 0.6 is 0 Å². The van der Waals surface area contributed by atoms with Crippen LogP contribution in [0.2, 0.25) is 0 Å². The lowest BCUT2D eigenvalue weighted by Crippen LogP contribution is -2.18. The molecule has 0 saturated carbocycles. The molecular formula is C9H14FN3. The Kier molecular flexibility index (Phi) is 2.83. The monoisotopic (exact) mass is 183 g/mol. The van der Waals surface area contributed by atoms with Gasteiger partial charge < -0.3 is 10.6 Å². The molecule has 0 aromatic carbocycles. The minimum atomic E-state index is -0.535. The van der Waals surface area contributed by atoms with Crippen LogP contribution in [0.3, 0.4) is 0 Å². The van der Waals surface area contributed by atoms with Crippen LogP contribution in [0.25, 0.3) is 0 Å². The first kappa shape index (κ1) is 9.92. The smallest absolute Gasteiger partial charge is 0.214 e. The van der Waals surface area contributed by atoms with Crippen molar-refractivity contribution in [3.63, 3.8) is 0 Å². The van der Waals surface area contributed by atoms with Gasteiger partial charge in [0, 0.05) is 11.6 Å². The normalized spacial score (nSPS) is 13.3. The zero-order valence-corrected chi connectivity index (χ0v) is 8.08. The van der Waals surface area contributed by atoms with Gasteiger partial charge in [-0.1, -0.05) is 0 Å². The van der Waals surface area contributed by atoms with Gasteiger partial charge >= 0.3 is 0 Å². The number of pyridine rings is 1. The standard InChI is InChI=1S/C9H14FN3/c1-6(13(2)3)7-4-5-8(10)12-9(7)11/h4-6H,1-3H3,(H2,11,12). The van der Waals surface area contributed by atoms with E-state index in [9.17, 15) is 4.39 Å². The van der Waals surface area contributed by atoms with Crippen LogP contribution in [-0.2, 0) is 0 Å². The van der Waals surface area contributed by atoms with E-state index in [1.807, 2.05) is 25.9 Å². The number of halogens is 1. The van der Waals surface area contributed by atoms with Crippen molar-refractivity contribution in [1.29, 1.82) is 0 Å². The third-order valence-electron chi connectivity index (χ3n) is 2.15. The average molecular weight is 183 g/mol. The molecule has 1 rings (SSSR count). The maximum atomic E-state index is 12.6. The molecule has 0 amide bonds. The third-order valence-corrected chi connectivity index (χ3v) is 2.15. The number of nitrogen functional groups attached to an aromatic ring is 1. The lowest BCUT2D eigenvalue weighted by molar-refractivity contribution is 0.321. The van der Waals surface area contributed by atoms with Gasteiger partial charge in [-0.05, 0) is 33.2 Å². The first-order valence-electron chi connectivity index (χ1n) is 4.10. The van der Waals surface area contributed by atoms with Gasteiger partial charge in [-0.2, -0.15) is 4.39 Å². The Balaban J connectivity index is 3.01. The molecule has 4 heteroatoms. The number of nitrogens with two attached hydrogens (primary N) is 1. The fourth-order valence-corrected chi connectivity index (χ4v) is 1.09. The van der Waals surface area contributed by atoms with Crippen LogP contribution < -0.4 is 5.73 Å². The zero-order valence-electron chi connectivity index (χ0n) is 8.08. The van der Waals surface area contributed by atoms with Crippen LogP contribution in [0.4, 0.5) is 10.2 Å². The highest BCUT2D eigenvalue weighted by atomic mass is 19.1. The summed E-state index contributed by atoms with van der Waals surface area (Å²) in [6.07, 6.45) is 0. The summed E-state index contributed by atoms with van der Waals surface area (Å²) in [7, 11) is 3.88. The molecule has 0 aliphatic heterocycles. The molecule has 1 aromatic rings. The number of rotatable bonds is 2. The quantitative estimate of drug-likeness (QED) is 0.705. The number of hydrogen-bond acceptors (Lipinski definition) is 3. The Morgan fingerprint density at radius 3 is 2.54 bits per heavy atom. The van der Waals surface area contributed by atoms with E-state index in [2.05, 4.69) is 4.98 Å². The maximum absolute atomic E-state index is 12.6. The highest BCUT2D eigenvalue weighted by molar-refractivity contribution is 5.40. The van der Waals surface area contributed by atoms with Gasteiger partial charge in [0.25, 0.3) is 0 Å². The number of nitrogens with zero attached hydrogens (tertiary/aromatic N) is 2.